The monoisotopic (exact) mass is 414 g/mol. The van der Waals surface area contributed by atoms with Gasteiger partial charge < -0.3 is 15.0 Å². The number of carbonyl (C=O) groups excluding carboxylic acids is 2. The molecule has 2 aromatic carbocycles. The lowest BCUT2D eigenvalue weighted by molar-refractivity contribution is -0.143. The van der Waals surface area contributed by atoms with Crippen LogP contribution in [-0.4, -0.2) is 34.9 Å². The number of rotatable bonds is 8. The number of halogens is 1. The van der Waals surface area contributed by atoms with E-state index in [9.17, 15) is 14.0 Å². The lowest BCUT2D eigenvalue weighted by Crippen LogP contribution is -2.54. The Bertz CT molecular complexity index is 859. The van der Waals surface area contributed by atoms with Crippen molar-refractivity contribution in [2.24, 2.45) is 0 Å². The Morgan fingerprint density at radius 3 is 2.37 bits per heavy atom. The third-order valence-corrected chi connectivity index (χ3v) is 4.50. The Balaban J connectivity index is 2.22. The van der Waals surface area contributed by atoms with Crippen molar-refractivity contribution in [3.63, 3.8) is 0 Å². The number of benzene rings is 2. The van der Waals surface area contributed by atoms with E-state index in [0.29, 0.717) is 18.7 Å². The largest absolute Gasteiger partial charge is 0.484 e. The summed E-state index contributed by atoms with van der Waals surface area (Å²) in [6.45, 7) is 9.63. The lowest BCUT2D eigenvalue weighted by atomic mass is 10.1. The number of carbonyl (C=O) groups is 2. The minimum Gasteiger partial charge on any atom is -0.484 e. The van der Waals surface area contributed by atoms with Crippen LogP contribution in [0, 0.1) is 12.7 Å². The predicted octanol–water partition coefficient (Wildman–Crippen LogP) is 4.24. The number of hydrogen-bond donors (Lipinski definition) is 1. The quantitative estimate of drug-likeness (QED) is 0.703. The summed E-state index contributed by atoms with van der Waals surface area (Å²) < 4.78 is 18.6. The summed E-state index contributed by atoms with van der Waals surface area (Å²) in [4.78, 5) is 27.6. The Morgan fingerprint density at radius 1 is 1.13 bits per heavy atom. The molecule has 2 rings (SSSR count). The van der Waals surface area contributed by atoms with Gasteiger partial charge in [-0.1, -0.05) is 36.8 Å². The molecule has 0 aromatic heterocycles. The van der Waals surface area contributed by atoms with E-state index >= 15 is 0 Å². The van der Waals surface area contributed by atoms with Crippen LogP contribution in [0.15, 0.2) is 48.5 Å². The Hall–Kier alpha value is -2.89. The second kappa shape index (κ2) is 10.2. The first-order valence-electron chi connectivity index (χ1n) is 10.1. The van der Waals surface area contributed by atoms with Gasteiger partial charge in [0.15, 0.2) is 6.61 Å². The number of hydrogen-bond acceptors (Lipinski definition) is 3. The average molecular weight is 415 g/mol. The molecule has 1 atom stereocenters. The molecule has 0 saturated heterocycles. The third-order valence-electron chi connectivity index (χ3n) is 4.50. The molecule has 0 aliphatic carbocycles. The number of amides is 2. The number of ether oxygens (including phenoxy) is 1. The van der Waals surface area contributed by atoms with Crippen LogP contribution in [0.4, 0.5) is 4.39 Å². The van der Waals surface area contributed by atoms with E-state index in [2.05, 4.69) is 5.32 Å². The third kappa shape index (κ3) is 7.17. The van der Waals surface area contributed by atoms with Gasteiger partial charge in [0.05, 0.1) is 0 Å². The molecule has 5 nitrogen and oxygen atoms in total. The van der Waals surface area contributed by atoms with Crippen molar-refractivity contribution >= 4 is 11.8 Å². The molecule has 0 aliphatic rings. The fourth-order valence-electron chi connectivity index (χ4n) is 3.14. The molecule has 1 unspecified atom stereocenters. The first kappa shape index (κ1) is 23.4. The normalized spacial score (nSPS) is 12.2. The first-order chi connectivity index (χ1) is 14.1. The highest BCUT2D eigenvalue weighted by Crippen LogP contribution is 2.16. The van der Waals surface area contributed by atoms with Gasteiger partial charge in [0, 0.05) is 12.1 Å². The average Bonchev–Trinajstić information content (AvgIpc) is 2.66. The maximum atomic E-state index is 13.1. The van der Waals surface area contributed by atoms with E-state index in [-0.39, 0.29) is 24.2 Å². The van der Waals surface area contributed by atoms with Gasteiger partial charge in [-0.15, -0.1) is 0 Å². The zero-order chi connectivity index (χ0) is 22.3. The summed E-state index contributed by atoms with van der Waals surface area (Å²) >= 11 is 0. The maximum Gasteiger partial charge on any atom is 0.261 e. The summed E-state index contributed by atoms with van der Waals surface area (Å²) in [5, 5.41) is 2.97. The summed E-state index contributed by atoms with van der Waals surface area (Å²) in [5.74, 6) is -0.489. The molecule has 0 spiro atoms. The van der Waals surface area contributed by atoms with Gasteiger partial charge in [-0.25, -0.2) is 4.39 Å². The molecule has 30 heavy (non-hydrogen) atoms. The van der Waals surface area contributed by atoms with Crippen LogP contribution in [-0.2, 0) is 16.1 Å². The van der Waals surface area contributed by atoms with Crippen molar-refractivity contribution in [2.75, 3.05) is 6.61 Å². The highest BCUT2D eigenvalue weighted by molar-refractivity contribution is 5.88. The van der Waals surface area contributed by atoms with Gasteiger partial charge in [-0.05, 0) is 63.9 Å². The van der Waals surface area contributed by atoms with Crippen LogP contribution in [0.3, 0.4) is 0 Å². The van der Waals surface area contributed by atoms with E-state index in [1.54, 1.807) is 4.90 Å². The minimum atomic E-state index is -0.631. The van der Waals surface area contributed by atoms with Crippen molar-refractivity contribution in [1.82, 2.24) is 10.2 Å². The van der Waals surface area contributed by atoms with E-state index in [1.165, 1.54) is 24.3 Å². The van der Waals surface area contributed by atoms with Crippen LogP contribution in [0.25, 0.3) is 0 Å². The van der Waals surface area contributed by atoms with Crippen molar-refractivity contribution in [3.8, 4) is 5.75 Å². The molecule has 0 aliphatic heterocycles. The highest BCUT2D eigenvalue weighted by atomic mass is 19.1. The van der Waals surface area contributed by atoms with Crippen LogP contribution in [0.1, 0.15) is 45.2 Å². The molecule has 162 valence electrons. The van der Waals surface area contributed by atoms with Gasteiger partial charge in [-0.2, -0.15) is 0 Å². The van der Waals surface area contributed by atoms with Gasteiger partial charge in [0.25, 0.3) is 5.91 Å². The topological polar surface area (TPSA) is 58.6 Å². The SMILES string of the molecule is CCC(C(=O)NC(C)(C)C)N(Cc1cccc(C)c1)C(=O)COc1ccc(F)cc1. The van der Waals surface area contributed by atoms with Crippen molar-refractivity contribution < 1.29 is 18.7 Å². The van der Waals surface area contributed by atoms with Crippen LogP contribution < -0.4 is 10.1 Å². The van der Waals surface area contributed by atoms with Gasteiger partial charge in [0.2, 0.25) is 5.91 Å². The smallest absolute Gasteiger partial charge is 0.261 e. The standard InChI is InChI=1S/C24H31FN2O3/c1-6-21(23(29)26-24(3,4)5)27(15-18-9-7-8-17(2)14-18)22(28)16-30-20-12-10-19(25)11-13-20/h7-14,21H,6,15-16H2,1-5H3,(H,26,29). The second-order valence-corrected chi connectivity index (χ2v) is 8.42. The minimum absolute atomic E-state index is 0.201. The van der Waals surface area contributed by atoms with Crippen LogP contribution >= 0.6 is 0 Å². The van der Waals surface area contributed by atoms with Gasteiger partial charge >= 0.3 is 0 Å². The summed E-state index contributed by atoms with van der Waals surface area (Å²) in [6, 6.07) is 12.7. The predicted molar refractivity (Wildman–Crippen MR) is 116 cm³/mol. The fraction of sp³-hybridized carbons (Fsp3) is 0.417. The summed E-state index contributed by atoms with van der Waals surface area (Å²) in [5.41, 5.74) is 1.61. The van der Waals surface area contributed by atoms with Crippen molar-refractivity contribution in [1.29, 1.82) is 0 Å². The molecule has 2 amide bonds. The van der Waals surface area contributed by atoms with E-state index < -0.39 is 11.6 Å². The van der Waals surface area contributed by atoms with Crippen molar-refractivity contribution in [3.05, 3.63) is 65.5 Å². The zero-order valence-electron chi connectivity index (χ0n) is 18.4. The lowest BCUT2D eigenvalue weighted by Gasteiger charge is -2.33. The van der Waals surface area contributed by atoms with Gasteiger partial charge in [-0.3, -0.25) is 9.59 Å². The Labute approximate surface area is 178 Å². The second-order valence-electron chi connectivity index (χ2n) is 8.42. The van der Waals surface area contributed by atoms with Gasteiger partial charge in [0.1, 0.15) is 17.6 Å². The molecule has 0 heterocycles. The molecule has 1 N–H and O–H groups in total. The number of aryl methyl sites for hydroxylation is 1. The fourth-order valence-corrected chi connectivity index (χ4v) is 3.14. The number of nitrogens with one attached hydrogen (secondary N) is 1. The van der Waals surface area contributed by atoms with E-state index in [1.807, 2.05) is 58.9 Å². The number of nitrogens with zero attached hydrogens (tertiary/aromatic N) is 1. The molecule has 0 radical (unpaired) electrons. The first-order valence-corrected chi connectivity index (χ1v) is 10.1. The molecule has 6 heteroatoms. The molecule has 0 bridgehead atoms. The molecule has 0 saturated carbocycles. The molecular formula is C24H31FN2O3. The Kier molecular flexibility index (Phi) is 7.98. The van der Waals surface area contributed by atoms with E-state index in [0.717, 1.165) is 11.1 Å². The summed E-state index contributed by atoms with van der Waals surface area (Å²) in [6.07, 6.45) is 0.468. The Morgan fingerprint density at radius 2 is 1.80 bits per heavy atom. The molecular weight excluding hydrogens is 383 g/mol. The van der Waals surface area contributed by atoms with Crippen molar-refractivity contribution in [2.45, 2.75) is 59.2 Å². The van der Waals surface area contributed by atoms with Crippen LogP contribution in [0.5, 0.6) is 5.75 Å². The molecule has 2 aromatic rings. The zero-order valence-corrected chi connectivity index (χ0v) is 18.4. The maximum absolute atomic E-state index is 13.1. The highest BCUT2D eigenvalue weighted by Gasteiger charge is 2.30. The molecule has 0 fully saturated rings. The summed E-state index contributed by atoms with van der Waals surface area (Å²) in [7, 11) is 0. The van der Waals surface area contributed by atoms with E-state index in [4.69, 9.17) is 4.74 Å². The van der Waals surface area contributed by atoms with Crippen LogP contribution in [0.2, 0.25) is 0 Å².